The van der Waals surface area contributed by atoms with E-state index >= 15 is 0 Å². The second kappa shape index (κ2) is 8.07. The first-order chi connectivity index (χ1) is 15.8. The number of aryl methyl sites for hydroxylation is 1. The number of nitro benzene ring substituents is 1. The van der Waals surface area contributed by atoms with Crippen LogP contribution in [0.15, 0.2) is 53.7 Å². The Morgan fingerprint density at radius 1 is 1.09 bits per heavy atom. The third-order valence-corrected chi connectivity index (χ3v) is 6.43. The highest BCUT2D eigenvalue weighted by Crippen LogP contribution is 2.50. The van der Waals surface area contributed by atoms with Gasteiger partial charge in [-0.1, -0.05) is 38.1 Å². The second-order valence-electron chi connectivity index (χ2n) is 9.60. The predicted octanol–water partition coefficient (Wildman–Crippen LogP) is 6.09. The molecule has 6 nitrogen and oxygen atoms in total. The van der Waals surface area contributed by atoms with Crippen LogP contribution < -0.4 is 4.90 Å². The van der Waals surface area contributed by atoms with Gasteiger partial charge in [0.2, 0.25) is 5.91 Å². The Morgan fingerprint density at radius 2 is 1.76 bits per heavy atom. The highest BCUT2D eigenvalue weighted by molar-refractivity contribution is 6.08. The predicted molar refractivity (Wildman–Crippen MR) is 119 cm³/mol. The topological polar surface area (TPSA) is 80.5 Å². The zero-order valence-electron chi connectivity index (χ0n) is 18.9. The molecule has 9 heteroatoms. The van der Waals surface area contributed by atoms with Crippen molar-refractivity contribution in [3.05, 3.63) is 80.5 Å². The lowest BCUT2D eigenvalue weighted by Crippen LogP contribution is -2.44. The monoisotopic (exact) mass is 472 g/mol. The van der Waals surface area contributed by atoms with Gasteiger partial charge in [0, 0.05) is 42.2 Å². The fourth-order valence-electron chi connectivity index (χ4n) is 4.97. The molecule has 1 aliphatic carbocycles. The fraction of sp³-hybridized carbons (Fsp3) is 0.360. The van der Waals surface area contributed by atoms with Crippen LogP contribution in [0.5, 0.6) is 0 Å². The summed E-state index contributed by atoms with van der Waals surface area (Å²) in [6.07, 6.45) is -4.59. The lowest BCUT2D eigenvalue weighted by molar-refractivity contribution is -0.384. The molecule has 0 N–H and O–H groups in total. The molecule has 34 heavy (non-hydrogen) atoms. The summed E-state index contributed by atoms with van der Waals surface area (Å²) in [5.74, 6) is -1.86. The van der Waals surface area contributed by atoms with Crippen LogP contribution in [-0.4, -0.2) is 16.6 Å². The summed E-state index contributed by atoms with van der Waals surface area (Å²) in [5.41, 5.74) is -0.396. The molecule has 0 fully saturated rings. The first kappa shape index (κ1) is 23.7. The molecule has 0 radical (unpaired) electrons. The van der Waals surface area contributed by atoms with Crippen molar-refractivity contribution in [1.82, 2.24) is 0 Å². The van der Waals surface area contributed by atoms with Crippen LogP contribution in [0.1, 0.15) is 55.7 Å². The van der Waals surface area contributed by atoms with Crippen molar-refractivity contribution >= 4 is 23.1 Å². The Bertz CT molecular complexity index is 1250. The van der Waals surface area contributed by atoms with E-state index in [1.807, 2.05) is 13.8 Å². The van der Waals surface area contributed by atoms with Gasteiger partial charge in [-0.15, -0.1) is 0 Å². The zero-order valence-corrected chi connectivity index (χ0v) is 18.9. The number of allylic oxidation sites excluding steroid dienone is 2. The number of hydrogen-bond acceptors (Lipinski definition) is 4. The molecule has 0 saturated heterocycles. The van der Waals surface area contributed by atoms with Gasteiger partial charge in [-0.25, -0.2) is 0 Å². The molecular formula is C25H23F3N2O4. The van der Waals surface area contributed by atoms with Gasteiger partial charge in [-0.2, -0.15) is 13.2 Å². The Kier molecular flexibility index (Phi) is 5.62. The Balaban J connectivity index is 1.97. The lowest BCUT2D eigenvalue weighted by atomic mass is 9.68. The zero-order chi connectivity index (χ0) is 25.0. The van der Waals surface area contributed by atoms with Gasteiger partial charge in [0.15, 0.2) is 5.78 Å². The normalized spacial score (nSPS) is 20.4. The van der Waals surface area contributed by atoms with E-state index in [1.54, 1.807) is 6.92 Å². The van der Waals surface area contributed by atoms with Crippen LogP contribution in [-0.2, 0) is 15.8 Å². The SMILES string of the molecule is Cc1ccc([N+](=O)[O-])cc1N1C(=O)CC(c2ccccc2C(F)(F)F)C2=C1CC(C)(C)CC2=O. The quantitative estimate of drug-likeness (QED) is 0.400. The molecule has 0 spiro atoms. The van der Waals surface area contributed by atoms with Crippen LogP contribution in [0.3, 0.4) is 0 Å². The van der Waals surface area contributed by atoms with Gasteiger partial charge in [0.25, 0.3) is 5.69 Å². The minimum Gasteiger partial charge on any atom is -0.294 e. The number of ketones is 1. The third-order valence-electron chi connectivity index (χ3n) is 6.43. The molecule has 1 unspecified atom stereocenters. The smallest absolute Gasteiger partial charge is 0.294 e. The number of Topliss-reactive ketones (excluding diaryl/α,β-unsaturated/α-hetero) is 1. The molecule has 1 atom stereocenters. The second-order valence-corrected chi connectivity index (χ2v) is 9.60. The van der Waals surface area contributed by atoms with Crippen LogP contribution >= 0.6 is 0 Å². The highest BCUT2D eigenvalue weighted by atomic mass is 19.4. The Morgan fingerprint density at radius 3 is 2.41 bits per heavy atom. The largest absolute Gasteiger partial charge is 0.416 e. The van der Waals surface area contributed by atoms with Crippen LogP contribution in [0.4, 0.5) is 24.5 Å². The maximum Gasteiger partial charge on any atom is 0.416 e. The van der Waals surface area contributed by atoms with Gasteiger partial charge >= 0.3 is 6.18 Å². The average Bonchev–Trinajstić information content (AvgIpc) is 2.72. The molecule has 1 amide bonds. The summed E-state index contributed by atoms with van der Waals surface area (Å²) in [6.45, 7) is 5.39. The molecule has 2 aromatic carbocycles. The molecule has 4 rings (SSSR count). The maximum absolute atomic E-state index is 13.8. The van der Waals surface area contributed by atoms with E-state index in [0.717, 1.165) is 6.07 Å². The van der Waals surface area contributed by atoms with E-state index < -0.39 is 33.9 Å². The van der Waals surface area contributed by atoms with E-state index in [4.69, 9.17) is 0 Å². The number of hydrogen-bond donors (Lipinski definition) is 0. The molecule has 178 valence electrons. The average molecular weight is 472 g/mol. The summed E-state index contributed by atoms with van der Waals surface area (Å²) >= 11 is 0. The Hall–Kier alpha value is -3.49. The van der Waals surface area contributed by atoms with Crippen molar-refractivity contribution in [2.45, 2.75) is 52.1 Å². The number of halogens is 3. The van der Waals surface area contributed by atoms with Crippen LogP contribution in [0.2, 0.25) is 0 Å². The molecule has 1 aliphatic heterocycles. The van der Waals surface area contributed by atoms with E-state index in [9.17, 15) is 32.9 Å². The number of anilines is 1. The van der Waals surface area contributed by atoms with Crippen molar-refractivity contribution in [3.63, 3.8) is 0 Å². The van der Waals surface area contributed by atoms with Crippen molar-refractivity contribution < 1.29 is 27.7 Å². The summed E-state index contributed by atoms with van der Waals surface area (Å²) in [7, 11) is 0. The van der Waals surface area contributed by atoms with Crippen molar-refractivity contribution in [1.29, 1.82) is 0 Å². The number of alkyl halides is 3. The first-order valence-electron chi connectivity index (χ1n) is 10.8. The van der Waals surface area contributed by atoms with E-state index in [0.29, 0.717) is 11.3 Å². The molecular weight excluding hydrogens is 449 g/mol. The number of rotatable bonds is 3. The molecule has 0 aromatic heterocycles. The van der Waals surface area contributed by atoms with Gasteiger partial charge in [0.1, 0.15) is 0 Å². The van der Waals surface area contributed by atoms with Gasteiger partial charge < -0.3 is 0 Å². The molecule has 0 bridgehead atoms. The van der Waals surface area contributed by atoms with Crippen molar-refractivity contribution in [3.8, 4) is 0 Å². The minimum absolute atomic E-state index is 0.112. The molecule has 2 aromatic rings. The number of carbonyl (C=O) groups excluding carboxylic acids is 2. The minimum atomic E-state index is -4.65. The van der Waals surface area contributed by atoms with Gasteiger partial charge in [-0.3, -0.25) is 24.6 Å². The van der Waals surface area contributed by atoms with E-state index in [-0.39, 0.29) is 47.6 Å². The third kappa shape index (κ3) is 4.10. The summed E-state index contributed by atoms with van der Waals surface area (Å²) in [4.78, 5) is 38.9. The summed E-state index contributed by atoms with van der Waals surface area (Å²) in [5, 5.41) is 11.4. The van der Waals surface area contributed by atoms with E-state index in [1.165, 1.54) is 41.3 Å². The lowest BCUT2D eigenvalue weighted by Gasteiger charge is -2.43. The number of non-ortho nitro benzene ring substituents is 1. The summed E-state index contributed by atoms with van der Waals surface area (Å²) < 4.78 is 41.4. The number of carbonyl (C=O) groups is 2. The molecule has 0 saturated carbocycles. The van der Waals surface area contributed by atoms with Gasteiger partial charge in [0.05, 0.1) is 16.2 Å². The number of nitrogens with zero attached hydrogens (tertiary/aromatic N) is 2. The number of nitro groups is 1. The molecule has 2 aliphatic rings. The van der Waals surface area contributed by atoms with E-state index in [2.05, 4.69) is 0 Å². The highest BCUT2D eigenvalue weighted by Gasteiger charge is 2.46. The Labute approximate surface area is 194 Å². The van der Waals surface area contributed by atoms with Gasteiger partial charge in [-0.05, 0) is 36.0 Å². The van der Waals surface area contributed by atoms with Crippen molar-refractivity contribution in [2.75, 3.05) is 4.90 Å². The fourth-order valence-corrected chi connectivity index (χ4v) is 4.97. The maximum atomic E-state index is 13.8. The van der Waals surface area contributed by atoms with Crippen LogP contribution in [0.25, 0.3) is 0 Å². The number of benzene rings is 2. The van der Waals surface area contributed by atoms with Crippen LogP contribution in [0, 0.1) is 22.5 Å². The number of amides is 1. The standard InChI is InChI=1S/C25H23F3N2O4/c1-14-8-9-15(30(33)34)10-19(14)29-20-12-24(2,3)13-21(31)23(20)17(11-22(29)32)16-6-4-5-7-18(16)25(26,27)28/h4-10,17H,11-13H2,1-3H3. The molecule has 1 heterocycles. The first-order valence-corrected chi connectivity index (χ1v) is 10.8. The summed E-state index contributed by atoms with van der Waals surface area (Å²) in [6, 6.07) is 9.11. The van der Waals surface area contributed by atoms with Crippen molar-refractivity contribution in [2.24, 2.45) is 5.41 Å².